The van der Waals surface area contributed by atoms with Crippen molar-refractivity contribution in [3.8, 4) is 0 Å². The molecule has 3 N–H and O–H groups in total. The molecular weight excluding hydrogens is 382 g/mol. The Morgan fingerprint density at radius 3 is 2.70 bits per heavy atom. The summed E-state index contributed by atoms with van der Waals surface area (Å²) in [6.07, 6.45) is 3.04. The third-order valence-corrected chi connectivity index (χ3v) is 10.7. The molecule has 1 saturated heterocycles. The summed E-state index contributed by atoms with van der Waals surface area (Å²) in [5.74, 6) is 0.404. The third kappa shape index (κ3) is 3.73. The van der Waals surface area contributed by atoms with Crippen LogP contribution in [-0.4, -0.2) is 58.2 Å². The molecule has 0 bridgehead atoms. The Hall–Kier alpha value is -1.20. The van der Waals surface area contributed by atoms with Crippen molar-refractivity contribution in [3.63, 3.8) is 0 Å². The summed E-state index contributed by atoms with van der Waals surface area (Å²) < 4.78 is 14.4. The highest BCUT2D eigenvalue weighted by Crippen LogP contribution is 2.42. The van der Waals surface area contributed by atoms with Gasteiger partial charge in [0.1, 0.15) is 23.3 Å². The van der Waals surface area contributed by atoms with Crippen LogP contribution >= 0.6 is 11.8 Å². The topological polar surface area (TPSA) is 108 Å². The summed E-state index contributed by atoms with van der Waals surface area (Å²) in [6.45, 7) is 10.9. The van der Waals surface area contributed by atoms with Crippen LogP contribution in [0.1, 0.15) is 33.4 Å². The van der Waals surface area contributed by atoms with Crippen LogP contribution in [-0.2, 0) is 9.16 Å². The maximum absolute atomic E-state index is 9.84. The zero-order valence-corrected chi connectivity index (χ0v) is 18.6. The molecule has 0 amide bonds. The van der Waals surface area contributed by atoms with Gasteiger partial charge in [-0.2, -0.15) is 5.10 Å². The molecule has 8 nitrogen and oxygen atoms in total. The molecule has 1 aliphatic heterocycles. The van der Waals surface area contributed by atoms with E-state index in [1.54, 1.807) is 4.68 Å². The lowest BCUT2D eigenvalue weighted by Crippen LogP contribution is -2.46. The predicted octanol–water partition coefficient (Wildman–Crippen LogP) is 2.80. The van der Waals surface area contributed by atoms with E-state index in [9.17, 15) is 5.11 Å². The second kappa shape index (κ2) is 7.32. The van der Waals surface area contributed by atoms with Gasteiger partial charge in [-0.1, -0.05) is 20.8 Å². The van der Waals surface area contributed by atoms with Gasteiger partial charge in [0.15, 0.2) is 20.2 Å². The smallest absolute Gasteiger partial charge is 0.192 e. The largest absolute Gasteiger partial charge is 0.411 e. The van der Waals surface area contributed by atoms with E-state index < -0.39 is 8.32 Å². The van der Waals surface area contributed by atoms with Gasteiger partial charge in [0.05, 0.1) is 18.1 Å². The highest BCUT2D eigenvalue weighted by atomic mass is 32.2. The zero-order valence-electron chi connectivity index (χ0n) is 16.8. The van der Waals surface area contributed by atoms with Crippen LogP contribution < -0.4 is 5.73 Å². The minimum atomic E-state index is -1.99. The van der Waals surface area contributed by atoms with E-state index in [-0.39, 0.29) is 30.1 Å². The average molecular weight is 412 g/mol. The molecule has 3 atom stereocenters. The summed E-state index contributed by atoms with van der Waals surface area (Å²) in [7, 11) is -1.99. The first kappa shape index (κ1) is 20.5. The number of hydrogen-bond donors (Lipinski definition) is 2. The predicted molar refractivity (Wildman–Crippen MR) is 109 cm³/mol. The normalized spacial score (nSPS) is 24.0. The number of nitrogens with zero attached hydrogens (tertiary/aromatic N) is 4. The van der Waals surface area contributed by atoms with Gasteiger partial charge in [-0.15, -0.1) is 11.8 Å². The van der Waals surface area contributed by atoms with E-state index in [4.69, 9.17) is 14.9 Å². The molecule has 2 aromatic heterocycles. The fourth-order valence-electron chi connectivity index (χ4n) is 3.00. The number of anilines is 1. The molecule has 0 aliphatic carbocycles. The van der Waals surface area contributed by atoms with Gasteiger partial charge in [-0.3, -0.25) is 0 Å². The molecular formula is C17H29N5O3SSi. The molecule has 10 heteroatoms. The SMILES string of the molecule is CSc1nn([C@H]2C[C@H](O[Si](C)(C)C(C)(C)C)[C@H](CO)O2)c2ncnc(N)c12. The van der Waals surface area contributed by atoms with Crippen LogP contribution in [0.25, 0.3) is 11.0 Å². The molecule has 0 aromatic carbocycles. The first-order chi connectivity index (χ1) is 12.6. The maximum atomic E-state index is 9.84. The van der Waals surface area contributed by atoms with Crippen LogP contribution in [0.15, 0.2) is 11.4 Å². The summed E-state index contributed by atoms with van der Waals surface area (Å²) in [6, 6.07) is 0. The van der Waals surface area contributed by atoms with Gasteiger partial charge in [-0.05, 0) is 24.4 Å². The number of aromatic nitrogens is 4. The highest BCUT2D eigenvalue weighted by molar-refractivity contribution is 7.98. The summed E-state index contributed by atoms with van der Waals surface area (Å²) in [4.78, 5) is 8.44. The molecule has 0 spiro atoms. The van der Waals surface area contributed by atoms with Crippen molar-refractivity contribution in [1.82, 2.24) is 19.7 Å². The molecule has 1 aliphatic rings. The van der Waals surface area contributed by atoms with Crippen LogP contribution in [0.4, 0.5) is 5.82 Å². The molecule has 3 rings (SSSR count). The number of nitrogens with two attached hydrogens (primary N) is 1. The van der Waals surface area contributed by atoms with Crippen molar-refractivity contribution in [2.24, 2.45) is 0 Å². The van der Waals surface area contributed by atoms with E-state index >= 15 is 0 Å². The van der Waals surface area contributed by atoms with Gasteiger partial charge >= 0.3 is 0 Å². The Labute approximate surface area is 165 Å². The Bertz CT molecular complexity index is 823. The van der Waals surface area contributed by atoms with Gasteiger partial charge in [-0.25, -0.2) is 14.6 Å². The number of rotatable bonds is 5. The molecule has 27 heavy (non-hydrogen) atoms. The van der Waals surface area contributed by atoms with Gasteiger partial charge in [0.25, 0.3) is 0 Å². The Kier molecular flexibility index (Phi) is 5.57. The number of thioether (sulfide) groups is 1. The minimum absolute atomic E-state index is 0.0805. The number of hydrogen-bond acceptors (Lipinski definition) is 8. The van der Waals surface area contributed by atoms with Crippen molar-refractivity contribution in [2.75, 3.05) is 18.6 Å². The number of aliphatic hydroxyl groups is 1. The molecule has 3 heterocycles. The number of aliphatic hydroxyl groups excluding tert-OH is 1. The van der Waals surface area contributed by atoms with Gasteiger partial charge in [0.2, 0.25) is 0 Å². The fraction of sp³-hybridized carbons (Fsp3) is 0.706. The van der Waals surface area contributed by atoms with Gasteiger partial charge < -0.3 is 20.0 Å². The Morgan fingerprint density at radius 1 is 1.41 bits per heavy atom. The van der Waals surface area contributed by atoms with Crippen molar-refractivity contribution < 1.29 is 14.3 Å². The average Bonchev–Trinajstić information content (AvgIpc) is 3.15. The monoisotopic (exact) mass is 411 g/mol. The third-order valence-electron chi connectivity index (χ3n) is 5.56. The molecule has 0 saturated carbocycles. The van der Waals surface area contributed by atoms with E-state index in [2.05, 4.69) is 48.9 Å². The molecule has 2 aromatic rings. The van der Waals surface area contributed by atoms with E-state index in [1.807, 2.05) is 6.26 Å². The minimum Gasteiger partial charge on any atom is -0.411 e. The Morgan fingerprint density at radius 2 is 2.11 bits per heavy atom. The second-order valence-electron chi connectivity index (χ2n) is 8.38. The first-order valence-corrected chi connectivity index (χ1v) is 13.2. The van der Waals surface area contributed by atoms with Crippen LogP contribution in [0.2, 0.25) is 18.1 Å². The second-order valence-corrected chi connectivity index (χ2v) is 13.9. The lowest BCUT2D eigenvalue weighted by molar-refractivity contribution is -0.0453. The first-order valence-electron chi connectivity index (χ1n) is 9.06. The summed E-state index contributed by atoms with van der Waals surface area (Å²) in [5.41, 5.74) is 6.68. The molecule has 0 radical (unpaired) electrons. The lowest BCUT2D eigenvalue weighted by Gasteiger charge is -2.39. The standard InChI is InChI=1S/C17H29N5O3SSi/c1-17(2,3)27(5,6)25-10-7-12(24-11(10)8-23)22-15-13(16(21-22)26-4)14(18)19-9-20-15/h9-12,23H,7-8H2,1-6H3,(H2,18,19,20)/t10-,11-,12+/m0/s1. The van der Waals surface area contributed by atoms with Crippen LogP contribution in [0.3, 0.4) is 0 Å². The molecule has 0 unspecified atom stereocenters. The van der Waals surface area contributed by atoms with E-state index in [0.717, 1.165) is 10.4 Å². The van der Waals surface area contributed by atoms with Crippen molar-refractivity contribution in [1.29, 1.82) is 0 Å². The zero-order chi connectivity index (χ0) is 20.0. The maximum Gasteiger partial charge on any atom is 0.192 e. The van der Waals surface area contributed by atoms with Crippen molar-refractivity contribution in [2.45, 2.75) is 68.8 Å². The summed E-state index contributed by atoms with van der Waals surface area (Å²) in [5, 5.41) is 16.1. The van der Waals surface area contributed by atoms with Crippen LogP contribution in [0, 0.1) is 0 Å². The molecule has 150 valence electrons. The van der Waals surface area contributed by atoms with E-state index in [0.29, 0.717) is 17.9 Å². The molecule has 1 fully saturated rings. The summed E-state index contributed by atoms with van der Waals surface area (Å²) >= 11 is 1.49. The number of nitrogen functional groups attached to an aromatic ring is 1. The van der Waals surface area contributed by atoms with Crippen molar-refractivity contribution >= 4 is 36.9 Å². The number of fused-ring (bicyclic) bond motifs is 1. The Balaban J connectivity index is 1.92. The van der Waals surface area contributed by atoms with Crippen LogP contribution in [0.5, 0.6) is 0 Å². The quantitative estimate of drug-likeness (QED) is 0.571. The van der Waals surface area contributed by atoms with Crippen molar-refractivity contribution in [3.05, 3.63) is 6.33 Å². The van der Waals surface area contributed by atoms with Gasteiger partial charge in [0, 0.05) is 6.42 Å². The number of ether oxygens (including phenoxy) is 1. The highest BCUT2D eigenvalue weighted by Gasteiger charge is 2.45. The fourth-order valence-corrected chi connectivity index (χ4v) is 4.93. The van der Waals surface area contributed by atoms with E-state index in [1.165, 1.54) is 18.1 Å². The lowest BCUT2D eigenvalue weighted by atomic mass is 10.2.